The maximum absolute atomic E-state index is 5.77. The van der Waals surface area contributed by atoms with E-state index in [1.54, 1.807) is 0 Å². The van der Waals surface area contributed by atoms with Gasteiger partial charge in [0.25, 0.3) is 0 Å². The monoisotopic (exact) mass is 214 g/mol. The molecule has 1 aliphatic rings. The van der Waals surface area contributed by atoms with Crippen LogP contribution in [0.1, 0.15) is 6.42 Å². The lowest BCUT2D eigenvalue weighted by Crippen LogP contribution is -2.11. The summed E-state index contributed by atoms with van der Waals surface area (Å²) in [5.41, 5.74) is 1.03. The molecule has 0 aromatic heterocycles. The second-order valence-corrected chi connectivity index (χ2v) is 3.70. The van der Waals surface area contributed by atoms with Crippen molar-refractivity contribution in [2.24, 2.45) is 5.10 Å². The van der Waals surface area contributed by atoms with Crippen molar-refractivity contribution >= 4 is 34.1 Å². The molecule has 1 aromatic carbocycles. The third kappa shape index (κ3) is 1.95. The van der Waals surface area contributed by atoms with Crippen molar-refractivity contribution in [1.82, 2.24) is 0 Å². The summed E-state index contributed by atoms with van der Waals surface area (Å²) in [6.45, 7) is 0.848. The van der Waals surface area contributed by atoms with E-state index in [0.717, 1.165) is 23.7 Å². The van der Waals surface area contributed by atoms with Crippen molar-refractivity contribution in [1.29, 1.82) is 0 Å². The van der Waals surface area contributed by atoms with Gasteiger partial charge in [0.05, 0.1) is 5.69 Å². The maximum Gasteiger partial charge on any atom is 0.128 e. The Morgan fingerprint density at radius 3 is 2.38 bits per heavy atom. The largest absolute Gasteiger partial charge is 0.264 e. The van der Waals surface area contributed by atoms with E-state index in [1.165, 1.54) is 0 Å². The minimum atomic E-state index is 0.662. The fourth-order valence-electron chi connectivity index (χ4n) is 1.23. The molecule has 0 unspecified atom stereocenters. The normalized spacial score (nSPS) is 16.2. The van der Waals surface area contributed by atoms with Crippen molar-refractivity contribution in [3.63, 3.8) is 0 Å². The van der Waals surface area contributed by atoms with Crippen LogP contribution in [0.25, 0.3) is 0 Å². The van der Waals surface area contributed by atoms with Crippen LogP contribution in [0.3, 0.4) is 0 Å². The molecule has 68 valence electrons. The Labute approximate surface area is 86.8 Å². The first-order chi connectivity index (χ1) is 6.25. The SMILES string of the molecule is ClC1=NN(c2ccc(Cl)cc2)CC1. The van der Waals surface area contributed by atoms with Crippen molar-refractivity contribution in [3.05, 3.63) is 29.3 Å². The minimum Gasteiger partial charge on any atom is -0.264 e. The Morgan fingerprint density at radius 1 is 1.15 bits per heavy atom. The Balaban J connectivity index is 2.22. The lowest BCUT2D eigenvalue weighted by Gasteiger charge is -2.12. The first kappa shape index (κ1) is 8.85. The van der Waals surface area contributed by atoms with E-state index >= 15 is 0 Å². The molecule has 0 N–H and O–H groups in total. The molecule has 1 heterocycles. The van der Waals surface area contributed by atoms with Crippen molar-refractivity contribution < 1.29 is 0 Å². The molecule has 2 rings (SSSR count). The van der Waals surface area contributed by atoms with Gasteiger partial charge in [-0.25, -0.2) is 0 Å². The molecule has 0 saturated heterocycles. The first-order valence-corrected chi connectivity index (χ1v) is 4.77. The average Bonchev–Trinajstić information content (AvgIpc) is 2.53. The summed E-state index contributed by atoms with van der Waals surface area (Å²) in [6, 6.07) is 7.56. The van der Waals surface area contributed by atoms with Gasteiger partial charge in [-0.2, -0.15) is 5.10 Å². The molecule has 0 fully saturated rings. The fraction of sp³-hybridized carbons (Fsp3) is 0.222. The molecule has 13 heavy (non-hydrogen) atoms. The number of rotatable bonds is 1. The molecule has 0 atom stereocenters. The van der Waals surface area contributed by atoms with Gasteiger partial charge in [0, 0.05) is 18.0 Å². The number of hydrazone groups is 1. The standard InChI is InChI=1S/C9H8Cl2N2/c10-7-1-3-8(4-2-7)13-6-5-9(11)12-13/h1-4H,5-6H2. The molecule has 0 amide bonds. The molecule has 4 heteroatoms. The van der Waals surface area contributed by atoms with Gasteiger partial charge in [0.15, 0.2) is 0 Å². The summed E-state index contributed by atoms with van der Waals surface area (Å²) in [6.07, 6.45) is 0.824. The number of hydrogen-bond donors (Lipinski definition) is 0. The summed E-state index contributed by atoms with van der Waals surface area (Å²) in [7, 11) is 0. The number of hydrogen-bond acceptors (Lipinski definition) is 2. The van der Waals surface area contributed by atoms with E-state index in [9.17, 15) is 0 Å². The van der Waals surface area contributed by atoms with Gasteiger partial charge in [-0.3, -0.25) is 5.01 Å². The summed E-state index contributed by atoms with van der Waals surface area (Å²) < 4.78 is 0. The van der Waals surface area contributed by atoms with E-state index in [4.69, 9.17) is 23.2 Å². The topological polar surface area (TPSA) is 15.6 Å². The van der Waals surface area contributed by atoms with Gasteiger partial charge >= 0.3 is 0 Å². The molecule has 0 radical (unpaired) electrons. The average molecular weight is 215 g/mol. The van der Waals surface area contributed by atoms with Crippen molar-refractivity contribution in [2.75, 3.05) is 11.6 Å². The molecule has 0 bridgehead atoms. The van der Waals surface area contributed by atoms with Crippen LogP contribution in [0, 0.1) is 0 Å². The Morgan fingerprint density at radius 2 is 1.85 bits per heavy atom. The van der Waals surface area contributed by atoms with Crippen LogP contribution in [0.4, 0.5) is 5.69 Å². The second-order valence-electron chi connectivity index (χ2n) is 2.83. The number of nitrogens with zero attached hydrogens (tertiary/aromatic N) is 2. The van der Waals surface area contributed by atoms with E-state index in [0.29, 0.717) is 5.17 Å². The molecule has 0 spiro atoms. The zero-order valence-electron chi connectivity index (χ0n) is 6.87. The Hall–Kier alpha value is -0.730. The van der Waals surface area contributed by atoms with E-state index in [1.807, 2.05) is 29.3 Å². The molecular formula is C9H8Cl2N2. The Bertz CT molecular complexity index is 332. The van der Waals surface area contributed by atoms with Gasteiger partial charge < -0.3 is 0 Å². The smallest absolute Gasteiger partial charge is 0.128 e. The van der Waals surface area contributed by atoms with Gasteiger partial charge in [-0.1, -0.05) is 23.2 Å². The highest BCUT2D eigenvalue weighted by molar-refractivity contribution is 6.65. The predicted molar refractivity (Wildman–Crippen MR) is 56.7 cm³/mol. The molecule has 0 aliphatic carbocycles. The molecule has 1 aromatic rings. The van der Waals surface area contributed by atoms with E-state index < -0.39 is 0 Å². The minimum absolute atomic E-state index is 0.662. The van der Waals surface area contributed by atoms with Crippen LogP contribution < -0.4 is 5.01 Å². The van der Waals surface area contributed by atoms with Gasteiger partial charge in [0.1, 0.15) is 5.17 Å². The summed E-state index contributed by atoms with van der Waals surface area (Å²) in [4.78, 5) is 0. The van der Waals surface area contributed by atoms with Crippen LogP contribution in [0.2, 0.25) is 5.02 Å². The zero-order valence-corrected chi connectivity index (χ0v) is 8.39. The molecule has 2 nitrogen and oxygen atoms in total. The predicted octanol–water partition coefficient (Wildman–Crippen LogP) is 3.10. The highest BCUT2D eigenvalue weighted by Crippen LogP contribution is 2.21. The second kappa shape index (κ2) is 3.56. The molecule has 0 saturated carbocycles. The third-order valence-electron chi connectivity index (χ3n) is 1.88. The van der Waals surface area contributed by atoms with Gasteiger partial charge in [-0.05, 0) is 24.3 Å². The van der Waals surface area contributed by atoms with E-state index in [2.05, 4.69) is 5.10 Å². The van der Waals surface area contributed by atoms with Crippen LogP contribution >= 0.6 is 23.2 Å². The summed E-state index contributed by atoms with van der Waals surface area (Å²) in [5, 5.41) is 7.43. The summed E-state index contributed by atoms with van der Waals surface area (Å²) >= 11 is 11.5. The summed E-state index contributed by atoms with van der Waals surface area (Å²) in [5.74, 6) is 0. The van der Waals surface area contributed by atoms with Gasteiger partial charge in [0.2, 0.25) is 0 Å². The lowest BCUT2D eigenvalue weighted by atomic mass is 10.3. The van der Waals surface area contributed by atoms with Crippen LogP contribution in [-0.4, -0.2) is 11.7 Å². The van der Waals surface area contributed by atoms with E-state index in [-0.39, 0.29) is 0 Å². The quantitative estimate of drug-likeness (QED) is 0.702. The highest BCUT2D eigenvalue weighted by atomic mass is 35.5. The fourth-order valence-corrected chi connectivity index (χ4v) is 1.53. The molecule has 1 aliphatic heterocycles. The van der Waals surface area contributed by atoms with Crippen LogP contribution in [-0.2, 0) is 0 Å². The third-order valence-corrected chi connectivity index (χ3v) is 2.40. The zero-order chi connectivity index (χ0) is 9.26. The first-order valence-electron chi connectivity index (χ1n) is 4.02. The van der Waals surface area contributed by atoms with Crippen molar-refractivity contribution in [3.8, 4) is 0 Å². The van der Waals surface area contributed by atoms with Crippen LogP contribution in [0.15, 0.2) is 29.4 Å². The Kier molecular flexibility index (Phi) is 2.42. The molecular weight excluding hydrogens is 207 g/mol. The van der Waals surface area contributed by atoms with Crippen LogP contribution in [0.5, 0.6) is 0 Å². The highest BCUT2D eigenvalue weighted by Gasteiger charge is 2.13. The van der Waals surface area contributed by atoms with Crippen molar-refractivity contribution in [2.45, 2.75) is 6.42 Å². The van der Waals surface area contributed by atoms with Gasteiger partial charge in [-0.15, -0.1) is 0 Å². The number of benzene rings is 1. The number of anilines is 1. The number of halogens is 2. The maximum atomic E-state index is 5.77. The lowest BCUT2D eigenvalue weighted by molar-refractivity contribution is 0.922.